The van der Waals surface area contributed by atoms with E-state index in [1.54, 1.807) is 29.5 Å². The molecular weight excluding hydrogens is 364 g/mol. The number of nitrogens with zero attached hydrogens (tertiary/aromatic N) is 3. The van der Waals surface area contributed by atoms with E-state index in [1.807, 2.05) is 35.0 Å². The lowest BCUT2D eigenvalue weighted by atomic mass is 10.1. The number of hydrogen-bond donors (Lipinski definition) is 1. The van der Waals surface area contributed by atoms with Crippen LogP contribution in [0.1, 0.15) is 16.1 Å². The second-order valence-electron chi connectivity index (χ2n) is 5.96. The summed E-state index contributed by atoms with van der Waals surface area (Å²) in [7, 11) is 0. The van der Waals surface area contributed by atoms with Gasteiger partial charge in [-0.1, -0.05) is 24.3 Å². The Kier molecular flexibility index (Phi) is 4.17. The van der Waals surface area contributed by atoms with Crippen LogP contribution in [0.15, 0.2) is 60.1 Å². The van der Waals surface area contributed by atoms with Crippen molar-refractivity contribution < 1.29 is 9.72 Å². The Bertz CT molecular complexity index is 1160. The van der Waals surface area contributed by atoms with E-state index in [4.69, 9.17) is 0 Å². The number of carbonyl (C=O) groups excluding carboxylic acids is 1. The summed E-state index contributed by atoms with van der Waals surface area (Å²) in [5.41, 5.74) is 3.26. The van der Waals surface area contributed by atoms with Gasteiger partial charge in [0.2, 0.25) is 0 Å². The van der Waals surface area contributed by atoms with Crippen molar-refractivity contribution >= 4 is 33.6 Å². The number of carbonyl (C=O) groups is 1. The highest BCUT2D eigenvalue weighted by Crippen LogP contribution is 2.25. The minimum Gasteiger partial charge on any atom is -0.322 e. The second-order valence-corrected chi connectivity index (χ2v) is 6.80. The Hall–Kier alpha value is -3.52. The van der Waals surface area contributed by atoms with Gasteiger partial charge < -0.3 is 5.32 Å². The molecule has 2 aromatic carbocycles. The van der Waals surface area contributed by atoms with Crippen LogP contribution < -0.4 is 5.32 Å². The third kappa shape index (κ3) is 3.18. The van der Waals surface area contributed by atoms with E-state index in [0.717, 1.165) is 21.9 Å². The molecule has 134 valence electrons. The molecule has 4 rings (SSSR count). The summed E-state index contributed by atoms with van der Waals surface area (Å²) >= 11 is 1.58. The molecule has 0 aliphatic carbocycles. The average Bonchev–Trinajstić information content (AvgIpc) is 3.24. The number of thiazole rings is 1. The van der Waals surface area contributed by atoms with E-state index in [9.17, 15) is 14.9 Å². The molecule has 0 unspecified atom stereocenters. The van der Waals surface area contributed by atoms with Gasteiger partial charge in [0.25, 0.3) is 11.6 Å². The van der Waals surface area contributed by atoms with Gasteiger partial charge in [-0.25, -0.2) is 4.98 Å². The molecule has 27 heavy (non-hydrogen) atoms. The molecule has 2 heterocycles. The number of rotatable bonds is 4. The molecule has 0 aliphatic rings. The van der Waals surface area contributed by atoms with Crippen LogP contribution in [0.4, 0.5) is 11.4 Å². The second kappa shape index (κ2) is 6.65. The van der Waals surface area contributed by atoms with Crippen molar-refractivity contribution in [2.24, 2.45) is 0 Å². The standard InChI is InChI=1S/C19H14N4O3S/c1-12-11-27-19-21-16(10-22(12)19)13-6-8-14(9-7-13)20-18(24)15-4-2-3-5-17(15)23(25)26/h2-11H,1H3,(H,20,24). The predicted octanol–water partition coefficient (Wildman–Crippen LogP) is 4.53. The molecular formula is C19H14N4O3S. The molecule has 7 nitrogen and oxygen atoms in total. The van der Waals surface area contributed by atoms with Crippen molar-refractivity contribution in [2.75, 3.05) is 5.32 Å². The lowest BCUT2D eigenvalue weighted by molar-refractivity contribution is -0.385. The van der Waals surface area contributed by atoms with Crippen LogP contribution in [-0.2, 0) is 0 Å². The SMILES string of the molecule is Cc1csc2nc(-c3ccc(NC(=O)c4ccccc4[N+](=O)[O-])cc3)cn12. The zero-order valence-electron chi connectivity index (χ0n) is 14.2. The number of aromatic nitrogens is 2. The molecule has 8 heteroatoms. The van der Waals surface area contributed by atoms with E-state index in [1.165, 1.54) is 18.2 Å². The van der Waals surface area contributed by atoms with Crippen LogP contribution in [0.3, 0.4) is 0 Å². The van der Waals surface area contributed by atoms with E-state index in [0.29, 0.717) is 5.69 Å². The van der Waals surface area contributed by atoms with Crippen LogP contribution >= 0.6 is 11.3 Å². The fourth-order valence-electron chi connectivity index (χ4n) is 2.78. The summed E-state index contributed by atoms with van der Waals surface area (Å²) < 4.78 is 2.03. The van der Waals surface area contributed by atoms with Crippen molar-refractivity contribution in [3.63, 3.8) is 0 Å². The van der Waals surface area contributed by atoms with Gasteiger partial charge in [0.15, 0.2) is 4.96 Å². The maximum atomic E-state index is 12.4. The number of aryl methyl sites for hydroxylation is 1. The highest BCUT2D eigenvalue weighted by atomic mass is 32.1. The summed E-state index contributed by atoms with van der Waals surface area (Å²) in [6.07, 6.45) is 1.97. The quantitative estimate of drug-likeness (QED) is 0.417. The number of nitro groups is 1. The Morgan fingerprint density at radius 1 is 1.19 bits per heavy atom. The van der Waals surface area contributed by atoms with Gasteiger partial charge in [0.1, 0.15) is 5.56 Å². The number of fused-ring (bicyclic) bond motifs is 1. The van der Waals surface area contributed by atoms with Gasteiger partial charge in [0.05, 0.1) is 10.6 Å². The first-order valence-electron chi connectivity index (χ1n) is 8.11. The first kappa shape index (κ1) is 16.9. The molecule has 0 spiro atoms. The number of nitro benzene ring substituents is 1. The fourth-order valence-corrected chi connectivity index (χ4v) is 3.63. The predicted molar refractivity (Wildman–Crippen MR) is 104 cm³/mol. The van der Waals surface area contributed by atoms with Crippen molar-refractivity contribution in [1.29, 1.82) is 0 Å². The molecule has 0 atom stereocenters. The van der Waals surface area contributed by atoms with E-state index in [-0.39, 0.29) is 11.3 Å². The van der Waals surface area contributed by atoms with Gasteiger partial charge >= 0.3 is 0 Å². The first-order chi connectivity index (χ1) is 13.0. The van der Waals surface area contributed by atoms with Crippen molar-refractivity contribution in [1.82, 2.24) is 9.38 Å². The number of imidazole rings is 1. The molecule has 0 radical (unpaired) electrons. The molecule has 1 amide bonds. The van der Waals surface area contributed by atoms with E-state index >= 15 is 0 Å². The number of amides is 1. The minimum absolute atomic E-state index is 0.0244. The summed E-state index contributed by atoms with van der Waals surface area (Å²) in [5.74, 6) is -0.520. The minimum atomic E-state index is -0.565. The normalized spacial score (nSPS) is 10.9. The number of para-hydroxylation sites is 1. The monoisotopic (exact) mass is 378 g/mol. The Morgan fingerprint density at radius 2 is 1.93 bits per heavy atom. The highest BCUT2D eigenvalue weighted by Gasteiger charge is 2.19. The number of anilines is 1. The number of hydrogen-bond acceptors (Lipinski definition) is 5. The third-order valence-corrected chi connectivity index (χ3v) is 5.13. The van der Waals surface area contributed by atoms with Crippen molar-refractivity contribution in [3.05, 3.63) is 81.5 Å². The maximum Gasteiger partial charge on any atom is 0.282 e. The Labute approximate surface area is 158 Å². The summed E-state index contributed by atoms with van der Waals surface area (Å²) in [6, 6.07) is 13.1. The largest absolute Gasteiger partial charge is 0.322 e. The maximum absolute atomic E-state index is 12.4. The summed E-state index contributed by atoms with van der Waals surface area (Å²) in [5, 5.41) is 15.8. The van der Waals surface area contributed by atoms with Crippen molar-refractivity contribution in [2.45, 2.75) is 6.92 Å². The van der Waals surface area contributed by atoms with Gasteiger partial charge in [-0.15, -0.1) is 11.3 Å². The Balaban J connectivity index is 1.56. The molecule has 0 fully saturated rings. The Morgan fingerprint density at radius 3 is 2.63 bits per heavy atom. The molecule has 2 aromatic heterocycles. The number of nitrogens with one attached hydrogen (secondary N) is 1. The topological polar surface area (TPSA) is 89.5 Å². The van der Waals surface area contributed by atoms with Gasteiger partial charge in [0, 0.05) is 34.6 Å². The molecule has 0 saturated heterocycles. The third-order valence-electron chi connectivity index (χ3n) is 4.17. The van der Waals surface area contributed by atoms with E-state index < -0.39 is 10.8 Å². The van der Waals surface area contributed by atoms with Gasteiger partial charge in [-0.3, -0.25) is 19.3 Å². The fraction of sp³-hybridized carbons (Fsp3) is 0.0526. The number of benzene rings is 2. The zero-order chi connectivity index (χ0) is 19.0. The van der Waals surface area contributed by atoms with Crippen LogP contribution in [-0.4, -0.2) is 20.2 Å². The molecule has 4 aromatic rings. The molecule has 0 bridgehead atoms. The summed E-state index contributed by atoms with van der Waals surface area (Å²) in [4.78, 5) is 28.4. The lowest BCUT2D eigenvalue weighted by Gasteiger charge is -2.06. The smallest absolute Gasteiger partial charge is 0.282 e. The molecule has 0 saturated carbocycles. The van der Waals surface area contributed by atoms with Crippen LogP contribution in [0, 0.1) is 17.0 Å². The first-order valence-corrected chi connectivity index (χ1v) is 8.99. The van der Waals surface area contributed by atoms with Crippen LogP contribution in [0.25, 0.3) is 16.2 Å². The van der Waals surface area contributed by atoms with Gasteiger partial charge in [-0.05, 0) is 25.1 Å². The van der Waals surface area contributed by atoms with Crippen molar-refractivity contribution in [3.8, 4) is 11.3 Å². The highest BCUT2D eigenvalue weighted by molar-refractivity contribution is 7.15. The molecule has 1 N–H and O–H groups in total. The lowest BCUT2D eigenvalue weighted by Crippen LogP contribution is -2.13. The van der Waals surface area contributed by atoms with Crippen LogP contribution in [0.5, 0.6) is 0 Å². The molecule has 0 aliphatic heterocycles. The van der Waals surface area contributed by atoms with Crippen LogP contribution in [0.2, 0.25) is 0 Å². The van der Waals surface area contributed by atoms with E-state index in [2.05, 4.69) is 10.3 Å². The average molecular weight is 378 g/mol. The zero-order valence-corrected chi connectivity index (χ0v) is 15.1. The summed E-state index contributed by atoms with van der Waals surface area (Å²) in [6.45, 7) is 2.02. The van der Waals surface area contributed by atoms with Gasteiger partial charge in [-0.2, -0.15) is 0 Å².